The zero-order valence-corrected chi connectivity index (χ0v) is 13.9. The first-order valence-corrected chi connectivity index (χ1v) is 8.89. The van der Waals surface area contributed by atoms with Crippen LogP contribution in [0.25, 0.3) is 0 Å². The van der Waals surface area contributed by atoms with Crippen molar-refractivity contribution in [3.63, 3.8) is 0 Å². The summed E-state index contributed by atoms with van der Waals surface area (Å²) in [6.07, 6.45) is 7.49. The van der Waals surface area contributed by atoms with Gasteiger partial charge in [-0.15, -0.1) is 0 Å². The van der Waals surface area contributed by atoms with E-state index in [1.165, 1.54) is 32.1 Å². The van der Waals surface area contributed by atoms with Gasteiger partial charge in [0.1, 0.15) is 0 Å². The van der Waals surface area contributed by atoms with E-state index in [0.29, 0.717) is 12.0 Å². The molecule has 4 heteroatoms. The first-order chi connectivity index (χ1) is 9.71. The second-order valence-corrected chi connectivity index (χ2v) is 6.94. The van der Waals surface area contributed by atoms with Crippen LogP contribution in [0.4, 0.5) is 5.13 Å². The van der Waals surface area contributed by atoms with Crippen LogP contribution >= 0.6 is 11.3 Å². The number of anilines is 1. The molecule has 114 valence electrons. The van der Waals surface area contributed by atoms with Gasteiger partial charge in [0.25, 0.3) is 0 Å². The third kappa shape index (κ3) is 3.34. The van der Waals surface area contributed by atoms with E-state index in [9.17, 15) is 5.11 Å². The Morgan fingerprint density at radius 1 is 1.35 bits per heavy atom. The summed E-state index contributed by atoms with van der Waals surface area (Å²) in [6.45, 7) is 7.92. The van der Waals surface area contributed by atoms with Crippen molar-refractivity contribution < 1.29 is 5.11 Å². The largest absolute Gasteiger partial charge is 0.391 e. The maximum Gasteiger partial charge on any atom is 0.186 e. The zero-order chi connectivity index (χ0) is 14.5. The molecule has 0 spiro atoms. The number of aliphatic hydroxyl groups is 1. The molecule has 1 N–H and O–H groups in total. The molecule has 0 saturated carbocycles. The molecule has 0 bridgehead atoms. The lowest BCUT2D eigenvalue weighted by Gasteiger charge is -2.28. The molecule has 2 atom stereocenters. The Hall–Kier alpha value is -0.610. The van der Waals surface area contributed by atoms with Crippen molar-refractivity contribution in [3.05, 3.63) is 10.6 Å². The lowest BCUT2D eigenvalue weighted by molar-refractivity contribution is 0.283. The molecule has 1 aromatic heterocycles. The summed E-state index contributed by atoms with van der Waals surface area (Å²) in [5.74, 6) is 0.439. The maximum absolute atomic E-state index is 9.61. The molecule has 2 rings (SSSR count). The summed E-state index contributed by atoms with van der Waals surface area (Å²) >= 11 is 1.70. The molecule has 1 saturated heterocycles. The van der Waals surface area contributed by atoms with Crippen molar-refractivity contribution in [2.45, 2.75) is 77.9 Å². The van der Waals surface area contributed by atoms with Crippen LogP contribution < -0.4 is 4.90 Å². The van der Waals surface area contributed by atoms with Crippen LogP contribution in [0.1, 0.15) is 75.8 Å². The SMILES string of the molecule is CCC(C)c1nc(N2CCCCCC2CC)sc1CO. The van der Waals surface area contributed by atoms with Gasteiger partial charge in [-0.05, 0) is 31.6 Å². The van der Waals surface area contributed by atoms with Crippen molar-refractivity contribution in [1.29, 1.82) is 0 Å². The third-order valence-electron chi connectivity index (χ3n) is 4.53. The van der Waals surface area contributed by atoms with Crippen LogP contribution in [0, 0.1) is 0 Å². The van der Waals surface area contributed by atoms with E-state index in [1.54, 1.807) is 11.3 Å². The zero-order valence-electron chi connectivity index (χ0n) is 13.1. The Morgan fingerprint density at radius 3 is 2.80 bits per heavy atom. The Kier molecular flexibility index (Phi) is 5.85. The van der Waals surface area contributed by atoms with E-state index in [0.717, 1.165) is 28.7 Å². The fourth-order valence-electron chi connectivity index (χ4n) is 3.02. The van der Waals surface area contributed by atoms with Gasteiger partial charge >= 0.3 is 0 Å². The quantitative estimate of drug-likeness (QED) is 0.879. The van der Waals surface area contributed by atoms with E-state index in [-0.39, 0.29) is 6.61 Å². The Balaban J connectivity index is 2.28. The summed E-state index contributed by atoms with van der Waals surface area (Å²) in [5.41, 5.74) is 1.12. The van der Waals surface area contributed by atoms with E-state index in [4.69, 9.17) is 4.98 Å². The number of hydrogen-bond acceptors (Lipinski definition) is 4. The molecule has 20 heavy (non-hydrogen) atoms. The van der Waals surface area contributed by atoms with Crippen LogP contribution in [-0.2, 0) is 6.61 Å². The van der Waals surface area contributed by atoms with E-state index >= 15 is 0 Å². The summed E-state index contributed by atoms with van der Waals surface area (Å²) in [6, 6.07) is 0.625. The smallest absolute Gasteiger partial charge is 0.186 e. The second-order valence-electron chi connectivity index (χ2n) is 5.88. The monoisotopic (exact) mass is 296 g/mol. The van der Waals surface area contributed by atoms with Crippen LogP contribution in [0.5, 0.6) is 0 Å². The maximum atomic E-state index is 9.61. The van der Waals surface area contributed by atoms with Gasteiger partial charge in [-0.2, -0.15) is 0 Å². The summed E-state index contributed by atoms with van der Waals surface area (Å²) in [7, 11) is 0. The summed E-state index contributed by atoms with van der Waals surface area (Å²) < 4.78 is 0. The molecule has 0 aliphatic carbocycles. The average Bonchev–Trinajstić information content (AvgIpc) is 2.76. The Bertz CT molecular complexity index is 419. The number of nitrogens with zero attached hydrogens (tertiary/aromatic N) is 2. The van der Waals surface area contributed by atoms with Crippen LogP contribution in [0.3, 0.4) is 0 Å². The summed E-state index contributed by atoms with van der Waals surface area (Å²) in [5, 5.41) is 10.7. The minimum Gasteiger partial charge on any atom is -0.391 e. The van der Waals surface area contributed by atoms with Gasteiger partial charge in [0.2, 0.25) is 0 Å². The van der Waals surface area contributed by atoms with E-state index in [1.807, 2.05) is 0 Å². The van der Waals surface area contributed by atoms with Crippen molar-refractivity contribution in [3.8, 4) is 0 Å². The fraction of sp³-hybridized carbons (Fsp3) is 0.812. The molecule has 0 aromatic carbocycles. The predicted molar refractivity (Wildman–Crippen MR) is 86.6 cm³/mol. The summed E-state index contributed by atoms with van der Waals surface area (Å²) in [4.78, 5) is 8.47. The Labute approximate surface area is 127 Å². The lowest BCUT2D eigenvalue weighted by Crippen LogP contribution is -2.34. The standard InChI is InChI=1S/C16H28N2OS/c1-4-12(3)15-14(11-19)20-16(17-15)18-10-8-6-7-9-13(18)5-2/h12-13,19H,4-11H2,1-3H3. The molecule has 1 fully saturated rings. The first-order valence-electron chi connectivity index (χ1n) is 8.08. The van der Waals surface area contributed by atoms with Crippen LogP contribution in [0.2, 0.25) is 0 Å². The molecule has 1 aliphatic heterocycles. The highest BCUT2D eigenvalue weighted by molar-refractivity contribution is 7.15. The molecule has 2 heterocycles. The molecule has 0 radical (unpaired) electrons. The molecule has 1 aromatic rings. The number of thiazole rings is 1. The predicted octanol–water partition coefficient (Wildman–Crippen LogP) is 4.31. The van der Waals surface area contributed by atoms with Crippen molar-refractivity contribution in [2.75, 3.05) is 11.4 Å². The highest BCUT2D eigenvalue weighted by Crippen LogP contribution is 2.35. The van der Waals surface area contributed by atoms with Gasteiger partial charge in [0.05, 0.1) is 17.2 Å². The van der Waals surface area contributed by atoms with Gasteiger partial charge in [0.15, 0.2) is 5.13 Å². The van der Waals surface area contributed by atoms with Gasteiger partial charge in [-0.3, -0.25) is 0 Å². The van der Waals surface area contributed by atoms with Gasteiger partial charge in [-0.25, -0.2) is 4.98 Å². The number of rotatable bonds is 5. The van der Waals surface area contributed by atoms with Crippen LogP contribution in [0.15, 0.2) is 0 Å². The second kappa shape index (κ2) is 7.41. The van der Waals surface area contributed by atoms with Crippen molar-refractivity contribution in [2.24, 2.45) is 0 Å². The van der Waals surface area contributed by atoms with Crippen molar-refractivity contribution >= 4 is 16.5 Å². The number of hydrogen-bond donors (Lipinski definition) is 1. The minimum absolute atomic E-state index is 0.127. The number of aliphatic hydroxyl groups excluding tert-OH is 1. The molecular formula is C16H28N2OS. The van der Waals surface area contributed by atoms with E-state index in [2.05, 4.69) is 25.7 Å². The van der Waals surface area contributed by atoms with Crippen LogP contribution in [-0.4, -0.2) is 22.7 Å². The first kappa shape index (κ1) is 15.8. The normalized spacial score (nSPS) is 21.8. The highest BCUT2D eigenvalue weighted by atomic mass is 32.1. The van der Waals surface area contributed by atoms with Crippen molar-refractivity contribution in [1.82, 2.24) is 4.98 Å². The molecular weight excluding hydrogens is 268 g/mol. The van der Waals surface area contributed by atoms with Gasteiger partial charge < -0.3 is 10.0 Å². The molecule has 1 aliphatic rings. The lowest BCUT2D eigenvalue weighted by atomic mass is 10.0. The van der Waals surface area contributed by atoms with Gasteiger partial charge in [0, 0.05) is 12.6 Å². The molecule has 3 nitrogen and oxygen atoms in total. The third-order valence-corrected chi connectivity index (χ3v) is 5.63. The topological polar surface area (TPSA) is 36.4 Å². The minimum atomic E-state index is 0.127. The average molecular weight is 296 g/mol. The van der Waals surface area contributed by atoms with E-state index < -0.39 is 0 Å². The fourth-order valence-corrected chi connectivity index (χ4v) is 4.16. The van der Waals surface area contributed by atoms with Gasteiger partial charge in [-0.1, -0.05) is 44.9 Å². The Morgan fingerprint density at radius 2 is 2.15 bits per heavy atom. The molecule has 2 unspecified atom stereocenters. The number of aromatic nitrogens is 1. The highest BCUT2D eigenvalue weighted by Gasteiger charge is 2.24. The molecule has 0 amide bonds.